The smallest absolute Gasteiger partial charge is 0.262 e. The Balaban J connectivity index is 1.67. The molecule has 158 valence electrons. The summed E-state index contributed by atoms with van der Waals surface area (Å²) in [4.78, 5) is 36.4. The van der Waals surface area contributed by atoms with Gasteiger partial charge in [0.1, 0.15) is 11.5 Å². The molecule has 0 aliphatic heterocycles. The van der Waals surface area contributed by atoms with Crippen molar-refractivity contribution in [3.63, 3.8) is 0 Å². The van der Waals surface area contributed by atoms with Gasteiger partial charge in [0.15, 0.2) is 12.9 Å². The molecule has 3 rings (SSSR count). The number of aryl methyl sites for hydroxylation is 1. The first-order chi connectivity index (χ1) is 15.0. The van der Waals surface area contributed by atoms with Gasteiger partial charge in [0.05, 0.1) is 23.9 Å². The number of methoxy groups -OCH3 is 1. The minimum atomic E-state index is -0.469. The molecule has 0 aromatic heterocycles. The van der Waals surface area contributed by atoms with Gasteiger partial charge in [-0.25, -0.2) is 0 Å². The van der Waals surface area contributed by atoms with Gasteiger partial charge in [0.2, 0.25) is 0 Å². The molecule has 2 N–H and O–H groups in total. The predicted octanol–water partition coefficient (Wildman–Crippen LogP) is 4.09. The van der Waals surface area contributed by atoms with E-state index < -0.39 is 5.91 Å². The average molecular weight is 418 g/mol. The SMILES string of the molecule is COc1ccc(OCC(=O)Nc2ccccc2C(=O)Nc2cccc(C)c2)c(C=O)c1. The highest BCUT2D eigenvalue weighted by Crippen LogP contribution is 2.23. The third kappa shape index (κ3) is 5.70. The van der Waals surface area contributed by atoms with Crippen LogP contribution in [-0.2, 0) is 4.79 Å². The lowest BCUT2D eigenvalue weighted by atomic mass is 10.1. The van der Waals surface area contributed by atoms with Crippen LogP contribution in [0.5, 0.6) is 11.5 Å². The summed E-state index contributed by atoms with van der Waals surface area (Å²) in [6.07, 6.45) is 0.626. The number of hydrogen-bond donors (Lipinski definition) is 2. The normalized spacial score (nSPS) is 10.1. The molecule has 0 radical (unpaired) electrons. The summed E-state index contributed by atoms with van der Waals surface area (Å²) >= 11 is 0. The molecule has 0 atom stereocenters. The van der Waals surface area contributed by atoms with Crippen molar-refractivity contribution in [2.45, 2.75) is 6.92 Å². The Bertz CT molecular complexity index is 1110. The highest BCUT2D eigenvalue weighted by Gasteiger charge is 2.14. The maximum atomic E-state index is 12.7. The summed E-state index contributed by atoms with van der Waals surface area (Å²) in [6.45, 7) is 1.60. The molecule has 3 aromatic rings. The van der Waals surface area contributed by atoms with Crippen LogP contribution in [0.3, 0.4) is 0 Å². The van der Waals surface area contributed by atoms with E-state index in [4.69, 9.17) is 9.47 Å². The number of carbonyl (C=O) groups is 3. The highest BCUT2D eigenvalue weighted by molar-refractivity contribution is 6.10. The van der Waals surface area contributed by atoms with Crippen LogP contribution in [0.1, 0.15) is 26.3 Å². The molecular formula is C24H22N2O5. The van der Waals surface area contributed by atoms with Crippen LogP contribution in [-0.4, -0.2) is 31.8 Å². The Kier molecular flexibility index (Phi) is 7.01. The molecule has 3 aromatic carbocycles. The lowest BCUT2D eigenvalue weighted by molar-refractivity contribution is -0.118. The first-order valence-corrected chi connectivity index (χ1v) is 9.53. The third-order valence-electron chi connectivity index (χ3n) is 4.42. The van der Waals surface area contributed by atoms with Gasteiger partial charge in [-0.15, -0.1) is 0 Å². The topological polar surface area (TPSA) is 93.7 Å². The monoisotopic (exact) mass is 418 g/mol. The van der Waals surface area contributed by atoms with Gasteiger partial charge in [0.25, 0.3) is 11.8 Å². The van der Waals surface area contributed by atoms with Crippen molar-refractivity contribution < 1.29 is 23.9 Å². The lowest BCUT2D eigenvalue weighted by Gasteiger charge is -2.13. The Labute approximate surface area is 180 Å². The Morgan fingerprint density at radius 2 is 1.77 bits per heavy atom. The second-order valence-corrected chi connectivity index (χ2v) is 6.73. The Morgan fingerprint density at radius 3 is 2.52 bits per heavy atom. The number of rotatable bonds is 8. The van der Waals surface area contributed by atoms with Crippen LogP contribution >= 0.6 is 0 Å². The zero-order chi connectivity index (χ0) is 22.2. The van der Waals surface area contributed by atoms with E-state index in [-0.39, 0.29) is 23.8 Å². The van der Waals surface area contributed by atoms with Gasteiger partial charge in [-0.1, -0.05) is 24.3 Å². The Hall–Kier alpha value is -4.13. The lowest BCUT2D eigenvalue weighted by Crippen LogP contribution is -2.23. The number of nitrogens with one attached hydrogen (secondary N) is 2. The van der Waals surface area contributed by atoms with Gasteiger partial charge >= 0.3 is 0 Å². The zero-order valence-corrected chi connectivity index (χ0v) is 17.2. The van der Waals surface area contributed by atoms with Crippen LogP contribution in [0.4, 0.5) is 11.4 Å². The van der Waals surface area contributed by atoms with Gasteiger partial charge in [-0.2, -0.15) is 0 Å². The van der Waals surface area contributed by atoms with Crippen molar-refractivity contribution in [1.29, 1.82) is 0 Å². The van der Waals surface area contributed by atoms with E-state index in [0.717, 1.165) is 5.56 Å². The molecule has 0 fully saturated rings. The molecular weight excluding hydrogens is 396 g/mol. The number of benzene rings is 3. The van der Waals surface area contributed by atoms with Crippen LogP contribution in [0.15, 0.2) is 66.7 Å². The standard InChI is InChI=1S/C24H22N2O5/c1-16-6-5-7-18(12-16)25-24(29)20-8-3-4-9-21(20)26-23(28)15-31-22-11-10-19(30-2)13-17(22)14-27/h3-14H,15H2,1-2H3,(H,25,29)(H,26,28). The number of hydrogen-bond acceptors (Lipinski definition) is 5. The van der Waals surface area contributed by atoms with Crippen LogP contribution < -0.4 is 20.1 Å². The van der Waals surface area contributed by atoms with Crippen LogP contribution in [0, 0.1) is 6.92 Å². The summed E-state index contributed by atoms with van der Waals surface area (Å²) in [5.74, 6) is -0.0480. The van der Waals surface area contributed by atoms with Gasteiger partial charge in [-0.05, 0) is 55.0 Å². The van der Waals surface area contributed by atoms with E-state index in [1.165, 1.54) is 13.2 Å². The summed E-state index contributed by atoms with van der Waals surface area (Å²) in [5.41, 5.74) is 2.62. The molecule has 0 spiro atoms. The van der Waals surface area contributed by atoms with Gasteiger partial charge < -0.3 is 20.1 Å². The predicted molar refractivity (Wildman–Crippen MR) is 118 cm³/mol. The molecule has 0 unspecified atom stereocenters. The molecule has 0 bridgehead atoms. The number of anilines is 2. The summed E-state index contributed by atoms with van der Waals surface area (Å²) in [7, 11) is 1.49. The molecule has 2 amide bonds. The van der Waals surface area contributed by atoms with Crippen LogP contribution in [0.2, 0.25) is 0 Å². The molecule has 0 aliphatic rings. The fraction of sp³-hybridized carbons (Fsp3) is 0.125. The van der Waals surface area contributed by atoms with E-state index in [9.17, 15) is 14.4 Å². The first kappa shape index (κ1) is 21.6. The highest BCUT2D eigenvalue weighted by atomic mass is 16.5. The number of para-hydroxylation sites is 1. The van der Waals surface area contributed by atoms with E-state index in [0.29, 0.717) is 29.0 Å². The van der Waals surface area contributed by atoms with Gasteiger partial charge in [0, 0.05) is 5.69 Å². The third-order valence-corrected chi connectivity index (χ3v) is 4.42. The fourth-order valence-electron chi connectivity index (χ4n) is 2.92. The second kappa shape index (κ2) is 10.1. The van der Waals surface area contributed by atoms with E-state index in [1.807, 2.05) is 25.1 Å². The van der Waals surface area contributed by atoms with Gasteiger partial charge in [-0.3, -0.25) is 14.4 Å². The van der Waals surface area contributed by atoms with Crippen molar-refractivity contribution in [2.24, 2.45) is 0 Å². The largest absolute Gasteiger partial charge is 0.497 e. The molecule has 0 heterocycles. The minimum Gasteiger partial charge on any atom is -0.497 e. The van der Waals surface area contributed by atoms with Crippen LogP contribution in [0.25, 0.3) is 0 Å². The van der Waals surface area contributed by atoms with Crippen molar-refractivity contribution >= 4 is 29.5 Å². The number of aldehydes is 1. The van der Waals surface area contributed by atoms with Crippen molar-refractivity contribution in [1.82, 2.24) is 0 Å². The summed E-state index contributed by atoms with van der Waals surface area (Å²) in [5, 5.41) is 5.51. The fourth-order valence-corrected chi connectivity index (χ4v) is 2.92. The first-order valence-electron chi connectivity index (χ1n) is 9.53. The number of carbonyl (C=O) groups excluding carboxylic acids is 3. The van der Waals surface area contributed by atoms with Crippen molar-refractivity contribution in [3.05, 3.63) is 83.4 Å². The van der Waals surface area contributed by atoms with E-state index in [2.05, 4.69) is 10.6 Å². The minimum absolute atomic E-state index is 0.261. The van der Waals surface area contributed by atoms with E-state index in [1.54, 1.807) is 42.5 Å². The zero-order valence-electron chi connectivity index (χ0n) is 17.2. The quantitative estimate of drug-likeness (QED) is 0.538. The molecule has 7 heteroatoms. The van der Waals surface area contributed by atoms with E-state index >= 15 is 0 Å². The second-order valence-electron chi connectivity index (χ2n) is 6.73. The molecule has 0 saturated carbocycles. The number of amides is 2. The number of ether oxygens (including phenoxy) is 2. The maximum Gasteiger partial charge on any atom is 0.262 e. The summed E-state index contributed by atoms with van der Waals surface area (Å²) in [6, 6.07) is 18.8. The average Bonchev–Trinajstić information content (AvgIpc) is 2.78. The molecule has 31 heavy (non-hydrogen) atoms. The van der Waals surface area contributed by atoms with Crippen molar-refractivity contribution in [3.8, 4) is 11.5 Å². The maximum absolute atomic E-state index is 12.7. The summed E-state index contributed by atoms with van der Waals surface area (Å²) < 4.78 is 10.5. The van der Waals surface area contributed by atoms with Crippen molar-refractivity contribution in [2.75, 3.05) is 24.4 Å². The Morgan fingerprint density at radius 1 is 0.968 bits per heavy atom. The molecule has 0 saturated heterocycles. The molecule has 0 aliphatic carbocycles. The molecule has 7 nitrogen and oxygen atoms in total.